The zero-order valence-electron chi connectivity index (χ0n) is 8.78. The number of Topliss-reactive ketones (excluding diaryl/α,β-unsaturated/α-hetero) is 1. The van der Waals surface area contributed by atoms with Gasteiger partial charge in [-0.2, -0.15) is 0 Å². The van der Waals surface area contributed by atoms with Gasteiger partial charge in [0.25, 0.3) is 0 Å². The van der Waals surface area contributed by atoms with Crippen molar-refractivity contribution in [3.8, 4) is 11.3 Å². The van der Waals surface area contributed by atoms with Crippen LogP contribution in [0.5, 0.6) is 0 Å². The molecule has 1 aromatic carbocycles. The molecule has 76 valence electrons. The number of ketones is 1. The number of aryl methyl sites for hydroxylation is 1. The normalized spacial score (nSPS) is 10.3. The summed E-state index contributed by atoms with van der Waals surface area (Å²) < 4.78 is 5.42. The first-order valence-corrected chi connectivity index (χ1v) is 4.84. The van der Waals surface area contributed by atoms with Crippen LogP contribution < -0.4 is 0 Å². The summed E-state index contributed by atoms with van der Waals surface area (Å²) in [6.45, 7) is 3.53. The van der Waals surface area contributed by atoms with Crippen LogP contribution >= 0.6 is 0 Å². The minimum absolute atomic E-state index is 0.0478. The van der Waals surface area contributed by atoms with E-state index in [1.165, 1.54) is 12.5 Å². The minimum Gasteiger partial charge on any atom is -0.453 e. The van der Waals surface area contributed by atoms with Crippen molar-refractivity contribution in [2.45, 2.75) is 13.8 Å². The fourth-order valence-electron chi connectivity index (χ4n) is 1.40. The van der Waals surface area contributed by atoms with Gasteiger partial charge >= 0.3 is 0 Å². The average molecular weight is 200 g/mol. The van der Waals surface area contributed by atoms with Crippen LogP contribution in [-0.2, 0) is 0 Å². The molecule has 0 fully saturated rings. The monoisotopic (exact) mass is 200 g/mol. The fraction of sp³-hybridized carbons (Fsp3) is 0.154. The van der Waals surface area contributed by atoms with Crippen molar-refractivity contribution in [3.05, 3.63) is 47.7 Å². The second kappa shape index (κ2) is 3.73. The van der Waals surface area contributed by atoms with E-state index in [1.54, 1.807) is 6.07 Å². The van der Waals surface area contributed by atoms with Gasteiger partial charge in [0.05, 0.1) is 0 Å². The number of carbonyl (C=O) groups excluding carboxylic acids is 1. The van der Waals surface area contributed by atoms with Gasteiger partial charge in [-0.15, -0.1) is 0 Å². The van der Waals surface area contributed by atoms with E-state index in [0.717, 1.165) is 11.3 Å². The summed E-state index contributed by atoms with van der Waals surface area (Å²) in [5.74, 6) is 1.10. The van der Waals surface area contributed by atoms with E-state index in [-0.39, 0.29) is 5.78 Å². The molecule has 0 aliphatic carbocycles. The largest absolute Gasteiger partial charge is 0.453 e. The maximum atomic E-state index is 11.1. The van der Waals surface area contributed by atoms with Crippen molar-refractivity contribution >= 4 is 5.78 Å². The van der Waals surface area contributed by atoms with E-state index >= 15 is 0 Å². The second-order valence-electron chi connectivity index (χ2n) is 3.59. The van der Waals surface area contributed by atoms with Gasteiger partial charge in [0.2, 0.25) is 0 Å². The molecule has 0 bridgehead atoms. The van der Waals surface area contributed by atoms with Crippen LogP contribution in [0.2, 0.25) is 0 Å². The maximum Gasteiger partial charge on any atom is 0.194 e. The highest BCUT2D eigenvalue weighted by atomic mass is 16.3. The van der Waals surface area contributed by atoms with Crippen LogP contribution in [-0.4, -0.2) is 5.78 Å². The summed E-state index contributed by atoms with van der Waals surface area (Å²) in [6.07, 6.45) is 0. The molecule has 2 rings (SSSR count). The summed E-state index contributed by atoms with van der Waals surface area (Å²) in [5.41, 5.74) is 2.20. The zero-order valence-corrected chi connectivity index (χ0v) is 8.78. The highest BCUT2D eigenvalue weighted by Crippen LogP contribution is 2.22. The number of carbonyl (C=O) groups is 1. The Labute approximate surface area is 88.5 Å². The maximum absolute atomic E-state index is 11.1. The molecular formula is C13H12O2. The Morgan fingerprint density at radius 3 is 2.27 bits per heavy atom. The number of furan rings is 1. The van der Waals surface area contributed by atoms with E-state index in [9.17, 15) is 4.79 Å². The molecule has 0 radical (unpaired) electrons. The smallest absolute Gasteiger partial charge is 0.194 e. The lowest BCUT2D eigenvalue weighted by Gasteiger charge is -1.97. The molecule has 0 N–H and O–H groups in total. The van der Waals surface area contributed by atoms with Crippen LogP contribution in [0.1, 0.15) is 23.0 Å². The van der Waals surface area contributed by atoms with Gasteiger partial charge in [-0.1, -0.05) is 29.8 Å². The average Bonchev–Trinajstić information content (AvgIpc) is 2.68. The van der Waals surface area contributed by atoms with Gasteiger partial charge in [0, 0.05) is 12.5 Å². The predicted octanol–water partition coefficient (Wildman–Crippen LogP) is 3.46. The quantitative estimate of drug-likeness (QED) is 0.695. The standard InChI is InChI=1S/C13H12O2/c1-9-3-5-11(6-4-9)13-8-7-12(15-13)10(2)14/h3-8H,1-2H3. The van der Waals surface area contributed by atoms with Crippen LogP contribution in [0.3, 0.4) is 0 Å². The number of benzene rings is 1. The van der Waals surface area contributed by atoms with Crippen LogP contribution in [0.4, 0.5) is 0 Å². The second-order valence-corrected chi connectivity index (χ2v) is 3.59. The van der Waals surface area contributed by atoms with Gasteiger partial charge < -0.3 is 4.42 Å². The summed E-state index contributed by atoms with van der Waals surface area (Å²) >= 11 is 0. The molecule has 0 unspecified atom stereocenters. The number of hydrogen-bond acceptors (Lipinski definition) is 2. The van der Waals surface area contributed by atoms with E-state index in [1.807, 2.05) is 37.3 Å². The van der Waals surface area contributed by atoms with Crippen molar-refractivity contribution in [1.82, 2.24) is 0 Å². The Morgan fingerprint density at radius 1 is 1.07 bits per heavy atom. The molecule has 0 spiro atoms. The molecular weight excluding hydrogens is 188 g/mol. The molecule has 2 heteroatoms. The van der Waals surface area contributed by atoms with Gasteiger partial charge in [0.15, 0.2) is 11.5 Å². The highest BCUT2D eigenvalue weighted by Gasteiger charge is 2.07. The van der Waals surface area contributed by atoms with Gasteiger partial charge in [-0.05, 0) is 19.1 Å². The van der Waals surface area contributed by atoms with Crippen LogP contribution in [0, 0.1) is 6.92 Å². The minimum atomic E-state index is -0.0478. The molecule has 0 aliphatic rings. The molecule has 2 nitrogen and oxygen atoms in total. The molecule has 1 aromatic heterocycles. The van der Waals surface area contributed by atoms with Crippen molar-refractivity contribution in [2.75, 3.05) is 0 Å². The van der Waals surface area contributed by atoms with Gasteiger partial charge in [0.1, 0.15) is 5.76 Å². The summed E-state index contributed by atoms with van der Waals surface area (Å²) in [6, 6.07) is 11.5. The van der Waals surface area contributed by atoms with E-state index in [2.05, 4.69) is 0 Å². The first-order valence-electron chi connectivity index (χ1n) is 4.84. The third-order valence-electron chi connectivity index (χ3n) is 2.29. The van der Waals surface area contributed by atoms with Crippen molar-refractivity contribution in [1.29, 1.82) is 0 Å². The van der Waals surface area contributed by atoms with Crippen molar-refractivity contribution in [3.63, 3.8) is 0 Å². The van der Waals surface area contributed by atoms with Gasteiger partial charge in [-0.25, -0.2) is 0 Å². The molecule has 0 saturated heterocycles. The lowest BCUT2D eigenvalue weighted by molar-refractivity contribution is 0.0988. The molecule has 1 heterocycles. The molecule has 0 aliphatic heterocycles. The Hall–Kier alpha value is -1.83. The predicted molar refractivity (Wildman–Crippen MR) is 58.9 cm³/mol. The van der Waals surface area contributed by atoms with E-state index < -0.39 is 0 Å². The molecule has 2 aromatic rings. The Bertz CT molecular complexity index is 477. The van der Waals surface area contributed by atoms with Crippen molar-refractivity contribution < 1.29 is 9.21 Å². The SMILES string of the molecule is CC(=O)c1ccc(-c2ccc(C)cc2)o1. The summed E-state index contributed by atoms with van der Waals surface area (Å²) in [5, 5.41) is 0. The molecule has 0 amide bonds. The molecule has 0 atom stereocenters. The number of rotatable bonds is 2. The molecule has 0 saturated carbocycles. The Balaban J connectivity index is 2.37. The number of hydrogen-bond donors (Lipinski definition) is 0. The van der Waals surface area contributed by atoms with Crippen LogP contribution in [0.25, 0.3) is 11.3 Å². The molecule has 15 heavy (non-hydrogen) atoms. The zero-order chi connectivity index (χ0) is 10.8. The Kier molecular flexibility index (Phi) is 2.42. The van der Waals surface area contributed by atoms with E-state index in [4.69, 9.17) is 4.42 Å². The fourth-order valence-corrected chi connectivity index (χ4v) is 1.40. The first kappa shape index (κ1) is 9.71. The lowest BCUT2D eigenvalue weighted by atomic mass is 10.1. The van der Waals surface area contributed by atoms with Crippen LogP contribution in [0.15, 0.2) is 40.8 Å². The summed E-state index contributed by atoms with van der Waals surface area (Å²) in [4.78, 5) is 11.1. The lowest BCUT2D eigenvalue weighted by Crippen LogP contribution is -1.86. The van der Waals surface area contributed by atoms with Crippen molar-refractivity contribution in [2.24, 2.45) is 0 Å². The Morgan fingerprint density at radius 2 is 1.73 bits per heavy atom. The third-order valence-corrected chi connectivity index (χ3v) is 2.29. The topological polar surface area (TPSA) is 30.2 Å². The van der Waals surface area contributed by atoms with Gasteiger partial charge in [-0.3, -0.25) is 4.79 Å². The van der Waals surface area contributed by atoms with E-state index in [0.29, 0.717) is 5.76 Å². The first-order chi connectivity index (χ1) is 7.16. The highest BCUT2D eigenvalue weighted by molar-refractivity contribution is 5.91. The summed E-state index contributed by atoms with van der Waals surface area (Å²) in [7, 11) is 0. The third kappa shape index (κ3) is 1.99.